The van der Waals surface area contributed by atoms with E-state index in [1.807, 2.05) is 0 Å². The summed E-state index contributed by atoms with van der Waals surface area (Å²) in [5.74, 6) is 0.605. The van der Waals surface area contributed by atoms with Gasteiger partial charge in [-0.05, 0) is 37.0 Å². The molecule has 0 radical (unpaired) electrons. The van der Waals surface area contributed by atoms with Crippen molar-refractivity contribution in [2.45, 2.75) is 23.8 Å². The van der Waals surface area contributed by atoms with Crippen molar-refractivity contribution < 1.29 is 13.2 Å². The van der Waals surface area contributed by atoms with Crippen LogP contribution in [-0.4, -0.2) is 28.1 Å². The molecule has 0 aliphatic heterocycles. The summed E-state index contributed by atoms with van der Waals surface area (Å²) < 4.78 is 32.4. The maximum Gasteiger partial charge on any atom is 0.244 e. The average molecular weight is 305 g/mol. The quantitative estimate of drug-likeness (QED) is 0.831. The Morgan fingerprint density at radius 1 is 1.53 bits per heavy atom. The third-order valence-corrected chi connectivity index (χ3v) is 4.91. The number of halogens is 1. The molecule has 0 aromatic heterocycles. The summed E-state index contributed by atoms with van der Waals surface area (Å²) in [5.41, 5.74) is 5.62. The number of sulfonamides is 1. The van der Waals surface area contributed by atoms with Gasteiger partial charge in [0.05, 0.1) is 7.11 Å². The minimum Gasteiger partial charge on any atom is -0.495 e. The van der Waals surface area contributed by atoms with E-state index in [0.717, 1.165) is 12.8 Å². The molecule has 1 atom stereocenters. The highest BCUT2D eigenvalue weighted by Gasteiger charge is 2.34. The summed E-state index contributed by atoms with van der Waals surface area (Å²) >= 11 is 5.85. The van der Waals surface area contributed by atoms with Crippen molar-refractivity contribution >= 4 is 21.6 Å². The Balaban J connectivity index is 2.30. The summed E-state index contributed by atoms with van der Waals surface area (Å²) in [6.07, 6.45) is 2.02. The second-order valence-corrected chi connectivity index (χ2v) is 6.71. The molecule has 1 saturated carbocycles. The molecule has 0 amide bonds. The van der Waals surface area contributed by atoms with Crippen LogP contribution in [0.3, 0.4) is 0 Å². The van der Waals surface area contributed by atoms with Crippen LogP contribution in [0, 0.1) is 5.92 Å². The number of nitrogens with one attached hydrogen (secondary N) is 1. The van der Waals surface area contributed by atoms with E-state index in [1.54, 1.807) is 6.07 Å². The SMILES string of the molecule is COc1ccc(Cl)cc1S(=O)(=O)NC(CN)C1CC1. The van der Waals surface area contributed by atoms with E-state index in [9.17, 15) is 8.42 Å². The number of ether oxygens (including phenoxy) is 1. The summed E-state index contributed by atoms with van der Waals surface area (Å²) in [7, 11) is -2.26. The largest absolute Gasteiger partial charge is 0.495 e. The Morgan fingerprint density at radius 2 is 2.21 bits per heavy atom. The van der Waals surface area contributed by atoms with E-state index in [2.05, 4.69) is 4.72 Å². The zero-order valence-electron chi connectivity index (χ0n) is 10.6. The lowest BCUT2D eigenvalue weighted by atomic mass is 10.2. The van der Waals surface area contributed by atoms with Crippen molar-refractivity contribution in [1.29, 1.82) is 0 Å². The first-order valence-corrected chi connectivity index (χ1v) is 7.90. The van der Waals surface area contributed by atoms with E-state index < -0.39 is 10.0 Å². The normalized spacial score (nSPS) is 17.2. The van der Waals surface area contributed by atoms with Gasteiger partial charge in [0.15, 0.2) is 0 Å². The van der Waals surface area contributed by atoms with Gasteiger partial charge in [0.2, 0.25) is 10.0 Å². The first-order valence-electron chi connectivity index (χ1n) is 6.04. The van der Waals surface area contributed by atoms with Crippen LogP contribution in [0.2, 0.25) is 5.02 Å². The van der Waals surface area contributed by atoms with E-state index in [0.29, 0.717) is 10.9 Å². The number of nitrogens with two attached hydrogens (primary N) is 1. The third kappa shape index (κ3) is 3.39. The van der Waals surface area contributed by atoms with E-state index in [-0.39, 0.29) is 23.2 Å². The fraction of sp³-hybridized carbons (Fsp3) is 0.500. The lowest BCUT2D eigenvalue weighted by Gasteiger charge is -2.17. The standard InChI is InChI=1S/C12H17ClN2O3S/c1-18-11-5-4-9(13)6-12(11)19(16,17)15-10(7-14)8-2-3-8/h4-6,8,10,15H,2-3,7,14H2,1H3. The van der Waals surface area contributed by atoms with Gasteiger partial charge in [-0.2, -0.15) is 0 Å². The monoisotopic (exact) mass is 304 g/mol. The van der Waals surface area contributed by atoms with Crippen LogP contribution in [0.1, 0.15) is 12.8 Å². The van der Waals surface area contributed by atoms with Crippen LogP contribution < -0.4 is 15.2 Å². The number of benzene rings is 1. The zero-order chi connectivity index (χ0) is 14.0. The fourth-order valence-corrected chi connectivity index (χ4v) is 3.71. The van der Waals surface area contributed by atoms with Gasteiger partial charge in [0.1, 0.15) is 10.6 Å². The molecule has 1 fully saturated rings. The Bertz CT molecular complexity index is 558. The molecule has 106 valence electrons. The highest BCUT2D eigenvalue weighted by atomic mass is 35.5. The van der Waals surface area contributed by atoms with Gasteiger partial charge in [0, 0.05) is 17.6 Å². The number of rotatable bonds is 6. The summed E-state index contributed by atoms with van der Waals surface area (Å²) in [5, 5.41) is 0.344. The summed E-state index contributed by atoms with van der Waals surface area (Å²) in [4.78, 5) is 0.0431. The molecule has 1 aromatic carbocycles. The van der Waals surface area contributed by atoms with Crippen LogP contribution in [-0.2, 0) is 10.0 Å². The topological polar surface area (TPSA) is 81.4 Å². The fourth-order valence-electron chi connectivity index (χ4n) is 1.96. The molecule has 1 aliphatic carbocycles. The zero-order valence-corrected chi connectivity index (χ0v) is 12.2. The highest BCUT2D eigenvalue weighted by Crippen LogP contribution is 2.34. The molecule has 19 heavy (non-hydrogen) atoms. The van der Waals surface area contributed by atoms with Crippen LogP contribution in [0.4, 0.5) is 0 Å². The van der Waals surface area contributed by atoms with Gasteiger partial charge in [-0.25, -0.2) is 13.1 Å². The van der Waals surface area contributed by atoms with Crippen molar-refractivity contribution in [3.8, 4) is 5.75 Å². The lowest BCUT2D eigenvalue weighted by molar-refractivity contribution is 0.401. The van der Waals surface area contributed by atoms with E-state index in [1.165, 1.54) is 19.2 Å². The highest BCUT2D eigenvalue weighted by molar-refractivity contribution is 7.89. The van der Waals surface area contributed by atoms with Crippen molar-refractivity contribution in [2.75, 3.05) is 13.7 Å². The molecular weight excluding hydrogens is 288 g/mol. The number of hydrogen-bond donors (Lipinski definition) is 2. The lowest BCUT2D eigenvalue weighted by Crippen LogP contribution is -2.41. The molecule has 0 heterocycles. The molecule has 0 spiro atoms. The molecule has 1 unspecified atom stereocenters. The van der Waals surface area contributed by atoms with Crippen molar-refractivity contribution in [3.05, 3.63) is 23.2 Å². The molecule has 2 rings (SSSR count). The van der Waals surface area contributed by atoms with Gasteiger partial charge in [-0.1, -0.05) is 11.6 Å². The molecule has 0 bridgehead atoms. The Kier molecular flexibility index (Phi) is 4.35. The van der Waals surface area contributed by atoms with E-state index in [4.69, 9.17) is 22.1 Å². The molecule has 7 heteroatoms. The Hall–Kier alpha value is -0.820. The van der Waals surface area contributed by atoms with Crippen molar-refractivity contribution in [2.24, 2.45) is 11.7 Å². The predicted molar refractivity (Wildman–Crippen MR) is 73.9 cm³/mol. The van der Waals surface area contributed by atoms with Crippen LogP contribution >= 0.6 is 11.6 Å². The average Bonchev–Trinajstić information content (AvgIpc) is 3.20. The second kappa shape index (κ2) is 5.66. The predicted octanol–water partition coefficient (Wildman–Crippen LogP) is 1.36. The molecule has 0 saturated heterocycles. The first kappa shape index (κ1) is 14.6. The van der Waals surface area contributed by atoms with Crippen molar-refractivity contribution in [1.82, 2.24) is 4.72 Å². The van der Waals surface area contributed by atoms with Gasteiger partial charge in [0.25, 0.3) is 0 Å². The molecular formula is C12H17ClN2O3S. The number of hydrogen-bond acceptors (Lipinski definition) is 4. The first-order chi connectivity index (χ1) is 8.97. The van der Waals surface area contributed by atoms with Gasteiger partial charge in [-0.15, -0.1) is 0 Å². The molecule has 3 N–H and O–H groups in total. The minimum absolute atomic E-state index is 0.0431. The third-order valence-electron chi connectivity index (χ3n) is 3.17. The molecule has 1 aliphatic rings. The number of methoxy groups -OCH3 is 1. The van der Waals surface area contributed by atoms with Gasteiger partial charge >= 0.3 is 0 Å². The molecule has 1 aromatic rings. The maximum absolute atomic E-state index is 12.4. The minimum atomic E-state index is -3.68. The van der Waals surface area contributed by atoms with Crippen molar-refractivity contribution in [3.63, 3.8) is 0 Å². The summed E-state index contributed by atoms with van der Waals surface area (Å²) in [6, 6.07) is 4.27. The smallest absolute Gasteiger partial charge is 0.244 e. The van der Waals surface area contributed by atoms with Gasteiger partial charge in [-0.3, -0.25) is 0 Å². The Labute approximate surface area is 118 Å². The van der Waals surface area contributed by atoms with Crippen LogP contribution in [0.25, 0.3) is 0 Å². The summed E-state index contributed by atoms with van der Waals surface area (Å²) in [6.45, 7) is 0.285. The second-order valence-electron chi connectivity index (χ2n) is 4.60. The van der Waals surface area contributed by atoms with E-state index >= 15 is 0 Å². The Morgan fingerprint density at radius 3 is 2.74 bits per heavy atom. The van der Waals surface area contributed by atoms with Crippen LogP contribution in [0.15, 0.2) is 23.1 Å². The van der Waals surface area contributed by atoms with Crippen LogP contribution in [0.5, 0.6) is 5.75 Å². The maximum atomic E-state index is 12.4. The molecule has 5 nitrogen and oxygen atoms in total. The van der Waals surface area contributed by atoms with Gasteiger partial charge < -0.3 is 10.5 Å².